The average Bonchev–Trinajstić information content (AvgIpc) is 2.53. The number of halogens is 1. The van der Waals surface area contributed by atoms with Crippen molar-refractivity contribution in [3.63, 3.8) is 0 Å². The Labute approximate surface area is 130 Å². The summed E-state index contributed by atoms with van der Waals surface area (Å²) in [5.41, 5.74) is 0.554. The van der Waals surface area contributed by atoms with Crippen LogP contribution in [0.4, 0.5) is 0 Å². The number of aromatic nitrogens is 1. The number of hydrogen-bond donors (Lipinski definition) is 0. The van der Waals surface area contributed by atoms with E-state index in [0.717, 1.165) is 25.9 Å². The van der Waals surface area contributed by atoms with Gasteiger partial charge in [0.25, 0.3) is 5.91 Å². The highest BCUT2D eigenvalue weighted by atomic mass is 35.5. The Bertz CT molecular complexity index is 517. The highest BCUT2D eigenvalue weighted by Gasteiger charge is 2.26. The third-order valence-corrected chi connectivity index (χ3v) is 3.95. The molecule has 6 heteroatoms. The third-order valence-electron chi connectivity index (χ3n) is 3.73. The van der Waals surface area contributed by atoms with Crippen LogP contribution in [-0.2, 0) is 0 Å². The first-order valence-corrected chi connectivity index (χ1v) is 7.58. The topological polar surface area (TPSA) is 60.2 Å². The van der Waals surface area contributed by atoms with Crippen LogP contribution in [0.3, 0.4) is 0 Å². The van der Waals surface area contributed by atoms with Crippen LogP contribution in [0, 0.1) is 11.3 Å². The summed E-state index contributed by atoms with van der Waals surface area (Å²) in [7, 11) is 0. The van der Waals surface area contributed by atoms with Gasteiger partial charge in [-0.3, -0.25) is 9.69 Å². The predicted molar refractivity (Wildman–Crippen MR) is 81.0 cm³/mol. The summed E-state index contributed by atoms with van der Waals surface area (Å²) >= 11 is 5.73. The second kappa shape index (κ2) is 7.39. The maximum absolute atomic E-state index is 12.3. The highest BCUT2D eigenvalue weighted by molar-refractivity contribution is 6.29. The predicted octanol–water partition coefficient (Wildman–Crippen LogP) is 2.19. The Hall–Kier alpha value is -1.64. The lowest BCUT2D eigenvalue weighted by Crippen LogP contribution is -2.51. The summed E-state index contributed by atoms with van der Waals surface area (Å²) in [6.07, 6.45) is 3.38. The van der Waals surface area contributed by atoms with Gasteiger partial charge in [0.15, 0.2) is 0 Å². The number of carbonyl (C=O) groups excluding carboxylic acids is 1. The Balaban J connectivity index is 1.93. The Morgan fingerprint density at radius 1 is 1.43 bits per heavy atom. The molecule has 1 aromatic rings. The SMILES string of the molecule is CCCC(C#N)N1CCN(C(=O)c2ccc(Cl)nc2)CC1. The molecule has 1 unspecified atom stereocenters. The normalized spacial score (nSPS) is 17.3. The molecule has 1 aliphatic heterocycles. The number of hydrogen-bond acceptors (Lipinski definition) is 4. The van der Waals surface area contributed by atoms with Crippen LogP contribution < -0.4 is 0 Å². The molecular formula is C15H19ClN4O. The Morgan fingerprint density at radius 3 is 2.67 bits per heavy atom. The maximum atomic E-state index is 12.3. The summed E-state index contributed by atoms with van der Waals surface area (Å²) in [6, 6.07) is 5.63. The molecule has 0 N–H and O–H groups in total. The fraction of sp³-hybridized carbons (Fsp3) is 0.533. The number of nitrogens with zero attached hydrogens (tertiary/aromatic N) is 4. The molecular weight excluding hydrogens is 288 g/mol. The van der Waals surface area contributed by atoms with E-state index in [1.54, 1.807) is 12.1 Å². The molecule has 0 aliphatic carbocycles. The van der Waals surface area contributed by atoms with Gasteiger partial charge in [0, 0.05) is 32.4 Å². The highest BCUT2D eigenvalue weighted by Crippen LogP contribution is 2.13. The van der Waals surface area contributed by atoms with Gasteiger partial charge >= 0.3 is 0 Å². The lowest BCUT2D eigenvalue weighted by atomic mass is 10.1. The van der Waals surface area contributed by atoms with Crippen LogP contribution in [0.25, 0.3) is 0 Å². The van der Waals surface area contributed by atoms with E-state index in [1.807, 2.05) is 4.90 Å². The molecule has 1 atom stereocenters. The van der Waals surface area contributed by atoms with Crippen molar-refractivity contribution in [3.05, 3.63) is 29.0 Å². The molecule has 0 saturated carbocycles. The molecule has 2 heterocycles. The van der Waals surface area contributed by atoms with Crippen LogP contribution in [0.2, 0.25) is 5.15 Å². The molecule has 21 heavy (non-hydrogen) atoms. The molecule has 0 bridgehead atoms. The number of rotatable bonds is 4. The van der Waals surface area contributed by atoms with E-state index in [4.69, 9.17) is 11.6 Å². The van der Waals surface area contributed by atoms with Crippen LogP contribution in [0.1, 0.15) is 30.1 Å². The van der Waals surface area contributed by atoms with E-state index in [1.165, 1.54) is 6.20 Å². The molecule has 2 rings (SSSR count). The van der Waals surface area contributed by atoms with Crippen molar-refractivity contribution in [2.24, 2.45) is 0 Å². The van der Waals surface area contributed by atoms with Crippen molar-refractivity contribution < 1.29 is 4.79 Å². The molecule has 5 nitrogen and oxygen atoms in total. The summed E-state index contributed by atoms with van der Waals surface area (Å²) in [5.74, 6) is -0.0252. The lowest BCUT2D eigenvalue weighted by molar-refractivity contribution is 0.0601. The Kier molecular flexibility index (Phi) is 5.54. The van der Waals surface area contributed by atoms with Gasteiger partial charge in [0.1, 0.15) is 5.15 Å². The number of pyridine rings is 1. The van der Waals surface area contributed by atoms with Crippen LogP contribution in [0.5, 0.6) is 0 Å². The largest absolute Gasteiger partial charge is 0.336 e. The average molecular weight is 307 g/mol. The lowest BCUT2D eigenvalue weighted by Gasteiger charge is -2.36. The van der Waals surface area contributed by atoms with E-state index >= 15 is 0 Å². The van der Waals surface area contributed by atoms with Crippen molar-refractivity contribution in [3.8, 4) is 6.07 Å². The quantitative estimate of drug-likeness (QED) is 0.800. The zero-order chi connectivity index (χ0) is 15.2. The third kappa shape index (κ3) is 3.93. The van der Waals surface area contributed by atoms with Crippen LogP contribution in [0.15, 0.2) is 18.3 Å². The molecule has 0 spiro atoms. The van der Waals surface area contributed by atoms with E-state index in [2.05, 4.69) is 22.9 Å². The number of piperazine rings is 1. The van der Waals surface area contributed by atoms with Gasteiger partial charge in [-0.2, -0.15) is 5.26 Å². The molecule has 0 aromatic carbocycles. The van der Waals surface area contributed by atoms with Crippen LogP contribution in [-0.4, -0.2) is 52.9 Å². The monoisotopic (exact) mass is 306 g/mol. The minimum atomic E-state index is -0.0375. The van der Waals surface area contributed by atoms with E-state index in [-0.39, 0.29) is 11.9 Å². The van der Waals surface area contributed by atoms with Crippen molar-refractivity contribution in [2.75, 3.05) is 26.2 Å². The van der Waals surface area contributed by atoms with E-state index < -0.39 is 0 Å². The number of nitriles is 1. The van der Waals surface area contributed by atoms with Crippen LogP contribution >= 0.6 is 11.6 Å². The van der Waals surface area contributed by atoms with Crippen molar-refractivity contribution >= 4 is 17.5 Å². The first kappa shape index (κ1) is 15.7. The summed E-state index contributed by atoms with van der Waals surface area (Å²) in [5, 5.41) is 9.58. The van der Waals surface area contributed by atoms with Gasteiger partial charge in [0.05, 0.1) is 17.7 Å². The van der Waals surface area contributed by atoms with E-state index in [9.17, 15) is 10.1 Å². The molecule has 112 valence electrons. The minimum absolute atomic E-state index is 0.0252. The van der Waals surface area contributed by atoms with Gasteiger partial charge in [-0.25, -0.2) is 4.98 Å². The minimum Gasteiger partial charge on any atom is -0.336 e. The van der Waals surface area contributed by atoms with Crippen molar-refractivity contribution in [1.29, 1.82) is 5.26 Å². The molecule has 1 aliphatic rings. The van der Waals surface area contributed by atoms with Gasteiger partial charge in [-0.15, -0.1) is 0 Å². The molecule has 1 aromatic heterocycles. The maximum Gasteiger partial charge on any atom is 0.255 e. The smallest absolute Gasteiger partial charge is 0.255 e. The van der Waals surface area contributed by atoms with Gasteiger partial charge in [-0.1, -0.05) is 24.9 Å². The molecule has 1 saturated heterocycles. The Morgan fingerprint density at radius 2 is 2.14 bits per heavy atom. The number of amides is 1. The van der Waals surface area contributed by atoms with E-state index in [0.29, 0.717) is 23.8 Å². The standard InChI is InChI=1S/C15H19ClN4O/c1-2-3-13(10-17)19-6-8-20(9-7-19)15(21)12-4-5-14(16)18-11-12/h4-5,11,13H,2-3,6-9H2,1H3. The first-order chi connectivity index (χ1) is 10.2. The second-order valence-corrected chi connectivity index (χ2v) is 5.52. The fourth-order valence-electron chi connectivity index (χ4n) is 2.52. The van der Waals surface area contributed by atoms with Crippen molar-refractivity contribution in [1.82, 2.24) is 14.8 Å². The zero-order valence-electron chi connectivity index (χ0n) is 12.1. The summed E-state index contributed by atoms with van der Waals surface area (Å²) in [4.78, 5) is 20.2. The van der Waals surface area contributed by atoms with Gasteiger partial charge < -0.3 is 4.90 Å². The second-order valence-electron chi connectivity index (χ2n) is 5.13. The fourth-order valence-corrected chi connectivity index (χ4v) is 2.64. The molecule has 1 amide bonds. The molecule has 1 fully saturated rings. The van der Waals surface area contributed by atoms with Gasteiger partial charge in [-0.05, 0) is 18.6 Å². The zero-order valence-corrected chi connectivity index (χ0v) is 12.9. The van der Waals surface area contributed by atoms with Crippen molar-refractivity contribution in [2.45, 2.75) is 25.8 Å². The summed E-state index contributed by atoms with van der Waals surface area (Å²) in [6.45, 7) is 4.85. The summed E-state index contributed by atoms with van der Waals surface area (Å²) < 4.78 is 0. The van der Waals surface area contributed by atoms with Gasteiger partial charge in [0.2, 0.25) is 0 Å². The first-order valence-electron chi connectivity index (χ1n) is 7.20. The molecule has 0 radical (unpaired) electrons. The number of carbonyl (C=O) groups is 1.